The molecule has 0 bridgehead atoms. The zero-order valence-corrected chi connectivity index (χ0v) is 12.8. The first-order chi connectivity index (χ1) is 10.1. The molecule has 4 nitrogen and oxygen atoms in total. The highest BCUT2D eigenvalue weighted by Gasteiger charge is 2.18. The van der Waals surface area contributed by atoms with Gasteiger partial charge in [0, 0.05) is 23.4 Å². The second-order valence-electron chi connectivity index (χ2n) is 5.08. The molecule has 1 fully saturated rings. The summed E-state index contributed by atoms with van der Waals surface area (Å²) < 4.78 is 0. The van der Waals surface area contributed by atoms with Crippen LogP contribution in [0.1, 0.15) is 34.3 Å². The highest BCUT2D eigenvalue weighted by atomic mass is 32.2. The van der Waals surface area contributed by atoms with Crippen LogP contribution in [0.15, 0.2) is 24.3 Å². The van der Waals surface area contributed by atoms with Gasteiger partial charge in [0.25, 0.3) is 5.91 Å². The zero-order valence-electron chi connectivity index (χ0n) is 12.0. The van der Waals surface area contributed by atoms with Crippen LogP contribution in [0.25, 0.3) is 6.08 Å². The van der Waals surface area contributed by atoms with E-state index in [4.69, 9.17) is 5.11 Å². The Kier molecular flexibility index (Phi) is 5.44. The van der Waals surface area contributed by atoms with Crippen LogP contribution in [0, 0.1) is 6.92 Å². The van der Waals surface area contributed by atoms with Gasteiger partial charge in [-0.3, -0.25) is 4.79 Å². The number of amides is 1. The molecular formula is C16H19NO3S. The van der Waals surface area contributed by atoms with Gasteiger partial charge in [0.05, 0.1) is 0 Å². The minimum atomic E-state index is -0.997. The van der Waals surface area contributed by atoms with Gasteiger partial charge in [-0.15, -0.1) is 0 Å². The van der Waals surface area contributed by atoms with Crippen LogP contribution in [0.5, 0.6) is 0 Å². The number of rotatable bonds is 4. The van der Waals surface area contributed by atoms with Crippen molar-refractivity contribution in [3.63, 3.8) is 0 Å². The quantitative estimate of drug-likeness (QED) is 0.839. The van der Waals surface area contributed by atoms with Gasteiger partial charge in [-0.2, -0.15) is 11.8 Å². The number of carbonyl (C=O) groups excluding carboxylic acids is 1. The van der Waals surface area contributed by atoms with E-state index < -0.39 is 5.97 Å². The lowest BCUT2D eigenvalue weighted by molar-refractivity contribution is -0.131. The van der Waals surface area contributed by atoms with Crippen molar-refractivity contribution in [2.24, 2.45) is 0 Å². The molecule has 21 heavy (non-hydrogen) atoms. The van der Waals surface area contributed by atoms with Crippen molar-refractivity contribution in [1.29, 1.82) is 0 Å². The van der Waals surface area contributed by atoms with Gasteiger partial charge in [0.15, 0.2) is 0 Å². The third-order valence-corrected chi connectivity index (χ3v) is 4.74. The van der Waals surface area contributed by atoms with Crippen molar-refractivity contribution < 1.29 is 14.7 Å². The maximum atomic E-state index is 12.4. The average Bonchev–Trinajstić information content (AvgIpc) is 2.47. The summed E-state index contributed by atoms with van der Waals surface area (Å²) >= 11 is 1.87. The van der Waals surface area contributed by atoms with Crippen LogP contribution in [0.4, 0.5) is 0 Å². The Hall–Kier alpha value is -1.75. The summed E-state index contributed by atoms with van der Waals surface area (Å²) in [6.45, 7) is 1.84. The number of aliphatic carboxylic acids is 1. The molecule has 0 saturated carbocycles. The van der Waals surface area contributed by atoms with Gasteiger partial charge in [-0.25, -0.2) is 4.79 Å². The smallest absolute Gasteiger partial charge is 0.328 e. The lowest BCUT2D eigenvalue weighted by Crippen LogP contribution is -2.38. The summed E-state index contributed by atoms with van der Waals surface area (Å²) in [6.07, 6.45) is 4.76. The lowest BCUT2D eigenvalue weighted by Gasteiger charge is -2.23. The SMILES string of the molecule is Cc1c(/C=C/C(=O)O)cccc1C(=O)NC1CCCSC1. The Labute approximate surface area is 128 Å². The normalized spacial score (nSPS) is 18.6. The molecule has 2 rings (SSSR count). The fraction of sp³-hybridized carbons (Fsp3) is 0.375. The molecule has 1 aliphatic heterocycles. The molecule has 1 amide bonds. The van der Waals surface area contributed by atoms with Crippen molar-refractivity contribution >= 4 is 29.7 Å². The van der Waals surface area contributed by atoms with E-state index >= 15 is 0 Å². The van der Waals surface area contributed by atoms with E-state index in [0.29, 0.717) is 5.56 Å². The highest BCUT2D eigenvalue weighted by Crippen LogP contribution is 2.19. The predicted octanol–water partition coefficient (Wildman–Crippen LogP) is 2.72. The molecule has 1 aliphatic rings. The Morgan fingerprint density at radius 3 is 2.90 bits per heavy atom. The fourth-order valence-corrected chi connectivity index (χ4v) is 3.43. The molecule has 1 saturated heterocycles. The maximum absolute atomic E-state index is 12.4. The molecule has 0 radical (unpaired) electrons. The van der Waals surface area contributed by atoms with Gasteiger partial charge in [-0.05, 0) is 48.8 Å². The van der Waals surface area contributed by atoms with Crippen molar-refractivity contribution in [2.75, 3.05) is 11.5 Å². The third kappa shape index (κ3) is 4.36. The standard InChI is InChI=1S/C16H19NO3S/c1-11-12(7-8-15(18)19)4-2-6-14(11)16(20)17-13-5-3-9-21-10-13/h2,4,6-8,13H,3,5,9-10H2,1H3,(H,17,20)(H,18,19)/b8-7+. The number of nitrogens with one attached hydrogen (secondary N) is 1. The molecule has 0 spiro atoms. The van der Waals surface area contributed by atoms with Gasteiger partial charge >= 0.3 is 5.97 Å². The minimum absolute atomic E-state index is 0.0782. The largest absolute Gasteiger partial charge is 0.478 e. The molecule has 1 unspecified atom stereocenters. The van der Waals surface area contributed by atoms with Crippen molar-refractivity contribution in [3.05, 3.63) is 41.0 Å². The number of thioether (sulfide) groups is 1. The number of hydrogen-bond donors (Lipinski definition) is 2. The molecular weight excluding hydrogens is 286 g/mol. The Bertz CT molecular complexity index is 563. The molecule has 2 N–H and O–H groups in total. The Balaban J connectivity index is 2.13. The second-order valence-corrected chi connectivity index (χ2v) is 6.23. The van der Waals surface area contributed by atoms with Crippen molar-refractivity contribution in [2.45, 2.75) is 25.8 Å². The average molecular weight is 305 g/mol. The first-order valence-electron chi connectivity index (χ1n) is 6.97. The number of hydrogen-bond acceptors (Lipinski definition) is 3. The number of carboxylic acids is 1. The van der Waals surface area contributed by atoms with Gasteiger partial charge < -0.3 is 10.4 Å². The first-order valence-corrected chi connectivity index (χ1v) is 8.12. The van der Waals surface area contributed by atoms with E-state index in [1.165, 1.54) is 11.8 Å². The van der Waals surface area contributed by atoms with Gasteiger partial charge in [0.2, 0.25) is 0 Å². The minimum Gasteiger partial charge on any atom is -0.478 e. The molecule has 5 heteroatoms. The van der Waals surface area contributed by atoms with E-state index in [9.17, 15) is 9.59 Å². The van der Waals surface area contributed by atoms with Gasteiger partial charge in [0.1, 0.15) is 0 Å². The number of carbonyl (C=O) groups is 2. The number of carboxylic acid groups (broad SMARTS) is 1. The first kappa shape index (κ1) is 15.6. The molecule has 1 heterocycles. The van der Waals surface area contributed by atoms with Gasteiger partial charge in [-0.1, -0.05) is 12.1 Å². The highest BCUT2D eigenvalue weighted by molar-refractivity contribution is 7.99. The molecule has 112 valence electrons. The number of benzene rings is 1. The summed E-state index contributed by atoms with van der Waals surface area (Å²) in [5.41, 5.74) is 2.16. The summed E-state index contributed by atoms with van der Waals surface area (Å²) in [4.78, 5) is 23.0. The van der Waals surface area contributed by atoms with Crippen LogP contribution in [-0.4, -0.2) is 34.5 Å². The van der Waals surface area contributed by atoms with Crippen LogP contribution >= 0.6 is 11.8 Å². The maximum Gasteiger partial charge on any atom is 0.328 e. The molecule has 1 atom stereocenters. The molecule has 0 aromatic heterocycles. The van der Waals surface area contributed by atoms with Crippen LogP contribution in [-0.2, 0) is 4.79 Å². The van der Waals surface area contributed by atoms with E-state index in [-0.39, 0.29) is 11.9 Å². The van der Waals surface area contributed by atoms with E-state index in [2.05, 4.69) is 5.32 Å². The monoisotopic (exact) mass is 305 g/mol. The Morgan fingerprint density at radius 2 is 2.24 bits per heavy atom. The fourth-order valence-electron chi connectivity index (χ4n) is 2.36. The zero-order chi connectivity index (χ0) is 15.2. The summed E-state index contributed by atoms with van der Waals surface area (Å²) in [7, 11) is 0. The van der Waals surface area contributed by atoms with Crippen molar-refractivity contribution in [3.8, 4) is 0 Å². The summed E-state index contributed by atoms with van der Waals surface area (Å²) in [5, 5.41) is 11.8. The van der Waals surface area contributed by atoms with Crippen molar-refractivity contribution in [1.82, 2.24) is 5.32 Å². The van der Waals surface area contributed by atoms with E-state index in [1.807, 2.05) is 24.8 Å². The molecule has 1 aromatic carbocycles. The summed E-state index contributed by atoms with van der Waals surface area (Å²) in [5.74, 6) is 1.05. The lowest BCUT2D eigenvalue weighted by atomic mass is 10.0. The van der Waals surface area contributed by atoms with E-state index in [0.717, 1.165) is 35.8 Å². The van der Waals surface area contributed by atoms with Crippen LogP contribution < -0.4 is 5.32 Å². The molecule has 0 aliphatic carbocycles. The topological polar surface area (TPSA) is 66.4 Å². The predicted molar refractivity (Wildman–Crippen MR) is 85.7 cm³/mol. The molecule has 1 aromatic rings. The third-order valence-electron chi connectivity index (χ3n) is 3.52. The van der Waals surface area contributed by atoms with E-state index in [1.54, 1.807) is 12.1 Å². The van der Waals surface area contributed by atoms with Crippen LogP contribution in [0.3, 0.4) is 0 Å². The second kappa shape index (κ2) is 7.31. The summed E-state index contributed by atoms with van der Waals surface area (Å²) in [6, 6.07) is 5.59. The van der Waals surface area contributed by atoms with Crippen LogP contribution in [0.2, 0.25) is 0 Å². The Morgan fingerprint density at radius 1 is 1.43 bits per heavy atom.